The summed E-state index contributed by atoms with van der Waals surface area (Å²) in [7, 11) is 0. The number of hydrogen-bond donors (Lipinski definition) is 2. The van der Waals surface area contributed by atoms with Crippen LogP contribution in [-0.2, 0) is 11.2 Å². The average molecular weight is 395 g/mol. The Morgan fingerprint density at radius 2 is 1.79 bits per heavy atom. The number of carbonyl (C=O) groups is 1. The number of nitrogens with one attached hydrogen (secondary N) is 2. The molecule has 1 aromatic heterocycles. The molecule has 28 heavy (non-hydrogen) atoms. The zero-order valence-electron chi connectivity index (χ0n) is 17.0. The van der Waals surface area contributed by atoms with Crippen LogP contribution in [0.3, 0.4) is 0 Å². The van der Waals surface area contributed by atoms with E-state index in [0.29, 0.717) is 11.0 Å². The number of rotatable bonds is 6. The third-order valence-corrected chi connectivity index (χ3v) is 5.64. The van der Waals surface area contributed by atoms with Crippen molar-refractivity contribution in [2.24, 2.45) is 0 Å². The number of aromatic nitrogens is 3. The second-order valence-electron chi connectivity index (χ2n) is 7.04. The van der Waals surface area contributed by atoms with Crippen LogP contribution in [0.4, 0.5) is 5.69 Å². The Balaban J connectivity index is 1.67. The van der Waals surface area contributed by atoms with Gasteiger partial charge in [0, 0.05) is 11.3 Å². The summed E-state index contributed by atoms with van der Waals surface area (Å²) >= 11 is 1.34. The molecule has 2 N–H and O–H groups in total. The molecule has 0 unspecified atom stereocenters. The van der Waals surface area contributed by atoms with Crippen LogP contribution in [0.25, 0.3) is 11.4 Å². The minimum atomic E-state index is -0.314. The highest BCUT2D eigenvalue weighted by atomic mass is 32.2. The van der Waals surface area contributed by atoms with Crippen LogP contribution in [0.1, 0.15) is 36.1 Å². The Labute approximate surface area is 170 Å². The molecular weight excluding hydrogens is 368 g/mol. The number of thioether (sulfide) groups is 1. The van der Waals surface area contributed by atoms with E-state index in [1.165, 1.54) is 22.9 Å². The van der Waals surface area contributed by atoms with Gasteiger partial charge in [-0.05, 0) is 50.8 Å². The van der Waals surface area contributed by atoms with Gasteiger partial charge in [0.2, 0.25) is 11.1 Å². The summed E-state index contributed by atoms with van der Waals surface area (Å²) in [6.45, 7) is 10.1. The van der Waals surface area contributed by atoms with Crippen molar-refractivity contribution in [1.29, 1.82) is 0 Å². The summed E-state index contributed by atoms with van der Waals surface area (Å²) in [5.74, 6) is 0.654. The normalized spacial score (nSPS) is 12.0. The van der Waals surface area contributed by atoms with Crippen molar-refractivity contribution < 1.29 is 4.79 Å². The van der Waals surface area contributed by atoms with Gasteiger partial charge < -0.3 is 5.32 Å². The summed E-state index contributed by atoms with van der Waals surface area (Å²) in [6.07, 6.45) is 1.00. The highest BCUT2D eigenvalue weighted by Gasteiger charge is 2.19. The molecule has 0 aliphatic rings. The molecule has 0 saturated heterocycles. The van der Waals surface area contributed by atoms with Gasteiger partial charge in [0.1, 0.15) is 0 Å². The number of anilines is 1. The smallest absolute Gasteiger partial charge is 0.237 e. The largest absolute Gasteiger partial charge is 0.325 e. The summed E-state index contributed by atoms with van der Waals surface area (Å²) in [5, 5.41) is 10.5. The van der Waals surface area contributed by atoms with Crippen molar-refractivity contribution in [2.75, 3.05) is 5.32 Å². The Bertz CT molecular complexity index is 955. The van der Waals surface area contributed by atoms with E-state index in [-0.39, 0.29) is 11.2 Å². The lowest BCUT2D eigenvalue weighted by Crippen LogP contribution is -2.23. The van der Waals surface area contributed by atoms with E-state index in [9.17, 15) is 4.79 Å². The van der Waals surface area contributed by atoms with Crippen molar-refractivity contribution in [3.05, 3.63) is 58.7 Å². The summed E-state index contributed by atoms with van der Waals surface area (Å²) in [6, 6.07) is 12.4. The number of benzene rings is 2. The third kappa shape index (κ3) is 4.62. The first-order valence-corrected chi connectivity index (χ1v) is 10.3. The van der Waals surface area contributed by atoms with Gasteiger partial charge in [0.15, 0.2) is 5.82 Å². The lowest BCUT2D eigenvalue weighted by atomic mass is 10.1. The van der Waals surface area contributed by atoms with Crippen LogP contribution in [0, 0.1) is 20.8 Å². The summed E-state index contributed by atoms with van der Waals surface area (Å²) < 4.78 is 0. The van der Waals surface area contributed by atoms with Crippen LogP contribution >= 0.6 is 11.8 Å². The topological polar surface area (TPSA) is 70.7 Å². The van der Waals surface area contributed by atoms with E-state index in [2.05, 4.69) is 58.6 Å². The number of hydrogen-bond acceptors (Lipinski definition) is 4. The standard InChI is InChI=1S/C22H26N4OS/c1-6-17-7-9-18(10-8-17)20-24-22(26-25-20)28-16(5)21(27)23-19-14(3)11-13(2)12-15(19)4/h7-12,16H,6H2,1-5H3,(H,23,27)(H,24,25,26)/t16-/m1/s1. The molecule has 3 rings (SSSR count). The maximum absolute atomic E-state index is 12.7. The van der Waals surface area contributed by atoms with Gasteiger partial charge in [0.05, 0.1) is 5.25 Å². The molecule has 0 spiro atoms. The first-order valence-electron chi connectivity index (χ1n) is 9.44. The van der Waals surface area contributed by atoms with Gasteiger partial charge in [-0.15, -0.1) is 5.10 Å². The fourth-order valence-electron chi connectivity index (χ4n) is 3.14. The number of aryl methyl sites for hydroxylation is 4. The van der Waals surface area contributed by atoms with Crippen LogP contribution in [0.5, 0.6) is 0 Å². The van der Waals surface area contributed by atoms with E-state index >= 15 is 0 Å². The number of H-pyrrole nitrogens is 1. The third-order valence-electron chi connectivity index (χ3n) is 4.68. The molecule has 1 heterocycles. The second-order valence-corrected chi connectivity index (χ2v) is 8.35. The molecule has 0 saturated carbocycles. The van der Waals surface area contributed by atoms with Crippen LogP contribution in [0.15, 0.2) is 41.6 Å². The Kier molecular flexibility index (Phi) is 6.19. The van der Waals surface area contributed by atoms with E-state index in [1.807, 2.05) is 32.9 Å². The molecule has 0 radical (unpaired) electrons. The second kappa shape index (κ2) is 8.61. The van der Waals surface area contributed by atoms with Crippen molar-refractivity contribution in [1.82, 2.24) is 15.2 Å². The van der Waals surface area contributed by atoms with Crippen molar-refractivity contribution >= 4 is 23.4 Å². The Hall–Kier alpha value is -2.60. The van der Waals surface area contributed by atoms with E-state index in [4.69, 9.17) is 0 Å². The van der Waals surface area contributed by atoms with Gasteiger partial charge in [-0.25, -0.2) is 4.98 Å². The highest BCUT2D eigenvalue weighted by molar-refractivity contribution is 8.00. The van der Waals surface area contributed by atoms with Crippen LogP contribution in [-0.4, -0.2) is 26.3 Å². The fourth-order valence-corrected chi connectivity index (χ4v) is 3.86. The maximum Gasteiger partial charge on any atom is 0.237 e. The molecule has 0 aliphatic heterocycles. The van der Waals surface area contributed by atoms with Gasteiger partial charge in [0.25, 0.3) is 0 Å². The average Bonchev–Trinajstić information content (AvgIpc) is 3.13. The van der Waals surface area contributed by atoms with E-state index in [0.717, 1.165) is 28.8 Å². The molecule has 0 bridgehead atoms. The van der Waals surface area contributed by atoms with E-state index in [1.54, 1.807) is 0 Å². The zero-order valence-corrected chi connectivity index (χ0v) is 17.8. The molecule has 1 atom stereocenters. The SMILES string of the molecule is CCc1ccc(-c2nc(S[C@H](C)C(=O)Nc3c(C)cc(C)cc3C)n[nH]2)cc1. The number of aromatic amines is 1. The fraction of sp³-hybridized carbons (Fsp3) is 0.318. The monoisotopic (exact) mass is 394 g/mol. The lowest BCUT2D eigenvalue weighted by Gasteiger charge is -2.15. The number of amides is 1. The van der Waals surface area contributed by atoms with Gasteiger partial charge in [-0.1, -0.05) is 60.6 Å². The van der Waals surface area contributed by atoms with Crippen LogP contribution in [0.2, 0.25) is 0 Å². The predicted molar refractivity (Wildman–Crippen MR) is 116 cm³/mol. The molecule has 5 nitrogen and oxygen atoms in total. The molecule has 6 heteroatoms. The maximum atomic E-state index is 12.7. The highest BCUT2D eigenvalue weighted by Crippen LogP contribution is 2.26. The van der Waals surface area contributed by atoms with Crippen LogP contribution < -0.4 is 5.32 Å². The first kappa shape index (κ1) is 20.1. The van der Waals surface area contributed by atoms with Gasteiger partial charge in [-0.3, -0.25) is 9.89 Å². The molecule has 0 aliphatic carbocycles. The zero-order chi connectivity index (χ0) is 20.3. The summed E-state index contributed by atoms with van der Waals surface area (Å²) in [5.41, 5.74) is 6.48. The first-order chi connectivity index (χ1) is 13.4. The minimum Gasteiger partial charge on any atom is -0.325 e. The molecule has 2 aromatic carbocycles. The van der Waals surface area contributed by atoms with Crippen molar-refractivity contribution in [2.45, 2.75) is 51.4 Å². The Morgan fingerprint density at radius 3 is 2.39 bits per heavy atom. The molecule has 0 fully saturated rings. The van der Waals surface area contributed by atoms with Gasteiger partial charge in [-0.2, -0.15) is 0 Å². The molecule has 146 valence electrons. The molecular formula is C22H26N4OS. The van der Waals surface area contributed by atoms with Crippen molar-refractivity contribution in [3.8, 4) is 11.4 Å². The summed E-state index contributed by atoms with van der Waals surface area (Å²) in [4.78, 5) is 17.2. The lowest BCUT2D eigenvalue weighted by molar-refractivity contribution is -0.115. The molecule has 1 amide bonds. The quantitative estimate of drug-likeness (QED) is 0.572. The van der Waals surface area contributed by atoms with E-state index < -0.39 is 0 Å². The molecule has 3 aromatic rings. The Morgan fingerprint density at radius 1 is 1.14 bits per heavy atom. The number of carbonyl (C=O) groups excluding carboxylic acids is 1. The predicted octanol–water partition coefficient (Wildman–Crippen LogP) is 5.08. The minimum absolute atomic E-state index is 0.0568. The number of nitrogens with zero attached hydrogens (tertiary/aromatic N) is 2. The van der Waals surface area contributed by atoms with Crippen molar-refractivity contribution in [3.63, 3.8) is 0 Å². The van der Waals surface area contributed by atoms with Gasteiger partial charge >= 0.3 is 0 Å².